The van der Waals surface area contributed by atoms with Crippen molar-refractivity contribution in [3.05, 3.63) is 0 Å². The molecule has 2 N–H and O–H groups in total. The molecule has 33 heavy (non-hydrogen) atoms. The lowest BCUT2D eigenvalue weighted by Gasteiger charge is -2.44. The molecule has 0 atom stereocenters. The van der Waals surface area contributed by atoms with E-state index in [1.807, 2.05) is 0 Å². The topological polar surface area (TPSA) is 74.3 Å². The number of urea groups is 1. The van der Waals surface area contributed by atoms with Gasteiger partial charge in [-0.3, -0.25) is 0 Å². The lowest BCUT2D eigenvalue weighted by Crippen LogP contribution is -2.48. The van der Waals surface area contributed by atoms with E-state index in [0.29, 0.717) is 19.0 Å². The molecule has 2 amide bonds. The second-order valence-electron chi connectivity index (χ2n) is 10.4. The zero-order chi connectivity index (χ0) is 24.1. The summed E-state index contributed by atoms with van der Waals surface area (Å²) < 4.78 is 12.2. The third kappa shape index (κ3) is 9.60. The predicted octanol–water partition coefficient (Wildman–Crippen LogP) is 2.32. The molecule has 0 radical (unpaired) electrons. The second-order valence-corrected chi connectivity index (χ2v) is 12.2. The second kappa shape index (κ2) is 15.5. The Bertz CT molecular complexity index is 536. The number of carbonyl (C=O) groups excluding carboxylic acids is 1. The molecule has 194 valence electrons. The molecule has 0 aromatic rings. The van der Waals surface area contributed by atoms with Gasteiger partial charge >= 0.3 is 6.03 Å². The van der Waals surface area contributed by atoms with Gasteiger partial charge in [-0.05, 0) is 44.2 Å². The summed E-state index contributed by atoms with van der Waals surface area (Å²) in [5.41, 5.74) is 0.0510. The molecule has 1 heterocycles. The Morgan fingerprint density at radius 1 is 1.09 bits per heavy atom. The smallest absolute Gasteiger partial charge is 0.317 e. The van der Waals surface area contributed by atoms with Crippen LogP contribution in [0.2, 0.25) is 13.1 Å². The Hall–Kier alpha value is -0.456. The molecule has 1 saturated carbocycles. The van der Waals surface area contributed by atoms with Crippen LogP contribution < -0.4 is 5.32 Å². The molecule has 0 spiro atoms. The van der Waals surface area contributed by atoms with Gasteiger partial charge < -0.3 is 29.1 Å². The number of aliphatic hydroxyl groups is 1. The van der Waals surface area contributed by atoms with Crippen LogP contribution in [-0.4, -0.2) is 92.6 Å². The van der Waals surface area contributed by atoms with Crippen molar-refractivity contribution in [2.75, 3.05) is 45.9 Å². The summed E-state index contributed by atoms with van der Waals surface area (Å²) in [6.45, 7) is 13.9. The SMILES string of the molecule is C[SiH2]OC(O[SiH2]C)C(C)(C)C1CCN(CCNC(=O)N(CCO)CCC2CCCCC2)CC1. The molecular weight excluding hydrogens is 450 g/mol. The van der Waals surface area contributed by atoms with Gasteiger partial charge in [0.2, 0.25) is 0 Å². The molecule has 9 heteroatoms. The summed E-state index contributed by atoms with van der Waals surface area (Å²) in [5, 5.41) is 12.5. The van der Waals surface area contributed by atoms with Crippen LogP contribution in [0.5, 0.6) is 0 Å². The molecule has 1 aliphatic carbocycles. The molecule has 2 rings (SSSR count). The Balaban J connectivity index is 1.70. The number of hydrogen-bond donors (Lipinski definition) is 2. The molecule has 7 nitrogen and oxygen atoms in total. The highest BCUT2D eigenvalue weighted by Gasteiger charge is 2.39. The van der Waals surface area contributed by atoms with Crippen molar-refractivity contribution in [1.29, 1.82) is 0 Å². The molecule has 0 aromatic carbocycles. The van der Waals surface area contributed by atoms with E-state index in [2.05, 4.69) is 37.2 Å². The maximum Gasteiger partial charge on any atom is 0.317 e. The number of hydrogen-bond acceptors (Lipinski definition) is 5. The third-order valence-corrected chi connectivity index (χ3v) is 9.05. The van der Waals surface area contributed by atoms with Crippen LogP contribution >= 0.6 is 0 Å². The lowest BCUT2D eigenvalue weighted by atomic mass is 9.73. The van der Waals surface area contributed by atoms with Gasteiger partial charge in [0, 0.05) is 31.6 Å². The van der Waals surface area contributed by atoms with Crippen molar-refractivity contribution in [2.24, 2.45) is 17.3 Å². The Kier molecular flexibility index (Phi) is 13.5. The fourth-order valence-electron chi connectivity index (χ4n) is 5.56. The fourth-order valence-corrected chi connectivity index (χ4v) is 7.41. The molecule has 2 aliphatic rings. The van der Waals surface area contributed by atoms with E-state index >= 15 is 0 Å². The van der Waals surface area contributed by atoms with Gasteiger partial charge in [-0.25, -0.2) is 4.79 Å². The van der Waals surface area contributed by atoms with Crippen molar-refractivity contribution >= 4 is 25.6 Å². The van der Waals surface area contributed by atoms with Crippen LogP contribution in [0, 0.1) is 17.3 Å². The van der Waals surface area contributed by atoms with Crippen molar-refractivity contribution in [1.82, 2.24) is 15.1 Å². The summed E-state index contributed by atoms with van der Waals surface area (Å²) in [4.78, 5) is 17.0. The molecule has 0 bridgehead atoms. The van der Waals surface area contributed by atoms with E-state index in [1.165, 1.54) is 32.1 Å². The summed E-state index contributed by atoms with van der Waals surface area (Å²) in [6.07, 6.45) is 9.92. The van der Waals surface area contributed by atoms with E-state index in [-0.39, 0.29) is 24.3 Å². The first-order valence-electron chi connectivity index (χ1n) is 13.5. The predicted molar refractivity (Wildman–Crippen MR) is 141 cm³/mol. The lowest BCUT2D eigenvalue weighted by molar-refractivity contribution is -0.114. The Morgan fingerprint density at radius 2 is 1.73 bits per heavy atom. The van der Waals surface area contributed by atoms with E-state index in [0.717, 1.165) is 51.4 Å². The third-order valence-electron chi connectivity index (χ3n) is 7.78. The van der Waals surface area contributed by atoms with Crippen LogP contribution in [-0.2, 0) is 8.85 Å². The number of piperidine rings is 1. The van der Waals surface area contributed by atoms with Crippen molar-refractivity contribution in [3.8, 4) is 0 Å². The zero-order valence-corrected chi connectivity index (χ0v) is 24.6. The molecule has 0 aromatic heterocycles. The first-order chi connectivity index (χ1) is 15.9. The maximum atomic E-state index is 12.7. The highest BCUT2D eigenvalue weighted by molar-refractivity contribution is 6.26. The van der Waals surface area contributed by atoms with Crippen LogP contribution in [0.3, 0.4) is 0 Å². The van der Waals surface area contributed by atoms with Gasteiger partial charge in [-0.2, -0.15) is 0 Å². The summed E-state index contributed by atoms with van der Waals surface area (Å²) in [5.74, 6) is 1.35. The van der Waals surface area contributed by atoms with Gasteiger partial charge in [0.1, 0.15) is 6.29 Å². The number of amides is 2. The van der Waals surface area contributed by atoms with Gasteiger partial charge in [0.05, 0.1) is 6.61 Å². The molecular formula is C24H51N3O4Si2. The first kappa shape index (κ1) is 28.8. The average molecular weight is 502 g/mol. The molecule has 1 aliphatic heterocycles. The van der Waals surface area contributed by atoms with Crippen LogP contribution in [0.15, 0.2) is 0 Å². The number of likely N-dealkylation sites (tertiary alicyclic amines) is 1. The summed E-state index contributed by atoms with van der Waals surface area (Å²) in [7, 11) is -0.986. The van der Waals surface area contributed by atoms with E-state index in [4.69, 9.17) is 8.85 Å². The minimum absolute atomic E-state index is 0.0247. The summed E-state index contributed by atoms with van der Waals surface area (Å²) >= 11 is 0. The Labute approximate surface area is 207 Å². The van der Waals surface area contributed by atoms with Crippen molar-refractivity contribution < 1.29 is 18.8 Å². The minimum Gasteiger partial charge on any atom is -0.400 e. The molecule has 1 saturated heterocycles. The highest BCUT2D eigenvalue weighted by Crippen LogP contribution is 2.39. The molecule has 0 unspecified atom stereocenters. The monoisotopic (exact) mass is 501 g/mol. The van der Waals surface area contributed by atoms with Crippen molar-refractivity contribution in [3.63, 3.8) is 0 Å². The van der Waals surface area contributed by atoms with E-state index < -0.39 is 19.5 Å². The minimum atomic E-state index is -0.493. The van der Waals surface area contributed by atoms with E-state index in [1.54, 1.807) is 4.90 Å². The van der Waals surface area contributed by atoms with Crippen molar-refractivity contribution in [2.45, 2.75) is 84.6 Å². The largest absolute Gasteiger partial charge is 0.400 e. The van der Waals surface area contributed by atoms with Gasteiger partial charge in [0.15, 0.2) is 19.5 Å². The maximum absolute atomic E-state index is 12.7. The fraction of sp³-hybridized carbons (Fsp3) is 0.958. The van der Waals surface area contributed by atoms with Gasteiger partial charge in [-0.15, -0.1) is 0 Å². The number of aliphatic hydroxyl groups excluding tert-OH is 1. The van der Waals surface area contributed by atoms with Gasteiger partial charge in [-0.1, -0.05) is 59.0 Å². The summed E-state index contributed by atoms with van der Waals surface area (Å²) in [6, 6.07) is -0.0273. The first-order valence-corrected chi connectivity index (χ1v) is 17.5. The number of rotatable bonds is 14. The van der Waals surface area contributed by atoms with Crippen LogP contribution in [0.25, 0.3) is 0 Å². The normalized spacial score (nSPS) is 20.8. The quantitative estimate of drug-likeness (QED) is 0.282. The van der Waals surface area contributed by atoms with Crippen LogP contribution in [0.1, 0.15) is 65.2 Å². The number of carbonyl (C=O) groups is 1. The average Bonchev–Trinajstić information content (AvgIpc) is 2.82. The number of nitrogens with zero attached hydrogens (tertiary/aromatic N) is 2. The zero-order valence-electron chi connectivity index (χ0n) is 21.8. The van der Waals surface area contributed by atoms with E-state index in [9.17, 15) is 9.90 Å². The standard InChI is InChI=1S/C24H51N3O4Si2/c1-24(2,22(30-32-3)31-33-4)21-11-14-26(15-12-21)17-13-25-23(29)27(18-19-28)16-10-20-8-6-5-7-9-20/h20-22,28H,5-19,32-33H2,1-4H3,(H,25,29). The van der Waals surface area contributed by atoms with Crippen LogP contribution in [0.4, 0.5) is 4.79 Å². The van der Waals surface area contributed by atoms with Gasteiger partial charge in [0.25, 0.3) is 0 Å². The number of nitrogens with one attached hydrogen (secondary N) is 1. The molecule has 2 fully saturated rings. The highest BCUT2D eigenvalue weighted by atomic mass is 28.2. The Morgan fingerprint density at radius 3 is 2.30 bits per heavy atom.